The summed E-state index contributed by atoms with van der Waals surface area (Å²) < 4.78 is 0. The number of hydrogen-bond acceptors (Lipinski definition) is 0. The molecule has 0 aliphatic heterocycles. The molecular formula is C23H24B2. The highest BCUT2D eigenvalue weighted by atomic mass is 14.4. The van der Waals surface area contributed by atoms with E-state index in [1.54, 1.807) is 0 Å². The van der Waals surface area contributed by atoms with Gasteiger partial charge in [0.2, 0.25) is 0 Å². The molecule has 0 bridgehead atoms. The fourth-order valence-corrected chi connectivity index (χ4v) is 4.29. The maximum Gasteiger partial charge on any atom is 0.113 e. The third-order valence-electron chi connectivity index (χ3n) is 5.43. The monoisotopic (exact) mass is 322 g/mol. The van der Waals surface area contributed by atoms with Gasteiger partial charge in [0.25, 0.3) is 0 Å². The van der Waals surface area contributed by atoms with Crippen molar-refractivity contribution in [1.82, 2.24) is 0 Å². The fourth-order valence-electron chi connectivity index (χ4n) is 4.29. The van der Waals surface area contributed by atoms with Gasteiger partial charge < -0.3 is 0 Å². The Morgan fingerprint density at radius 3 is 1.60 bits per heavy atom. The molecule has 2 heteroatoms. The number of hydrogen-bond donors (Lipinski definition) is 0. The molecule has 122 valence electrons. The molecule has 1 aliphatic carbocycles. The average molecular weight is 322 g/mol. The van der Waals surface area contributed by atoms with E-state index in [1.165, 1.54) is 22.3 Å². The van der Waals surface area contributed by atoms with E-state index in [0.29, 0.717) is 0 Å². The number of allylic oxidation sites excluding steroid dienone is 2. The molecule has 0 unspecified atom stereocenters. The van der Waals surface area contributed by atoms with Crippen LogP contribution in [-0.4, -0.2) is 15.7 Å². The van der Waals surface area contributed by atoms with Crippen LogP contribution in [0.25, 0.3) is 11.1 Å². The van der Waals surface area contributed by atoms with Crippen molar-refractivity contribution in [3.05, 3.63) is 72.8 Å². The molecule has 4 radical (unpaired) electrons. The molecule has 0 fully saturated rings. The van der Waals surface area contributed by atoms with E-state index in [1.807, 2.05) is 24.3 Å². The van der Waals surface area contributed by atoms with Gasteiger partial charge in [-0.3, -0.25) is 0 Å². The van der Waals surface area contributed by atoms with E-state index in [4.69, 9.17) is 15.7 Å². The van der Waals surface area contributed by atoms with Crippen molar-refractivity contribution in [2.24, 2.45) is 0 Å². The minimum atomic E-state index is -0.0125. The number of benzene rings is 2. The average Bonchev–Trinajstić information content (AvgIpc) is 2.85. The SMILES string of the molecule is [B]c1ccc2c(c1)C(CCCC=C)(CCCC=C)c1cc([B])ccc1-2. The van der Waals surface area contributed by atoms with Crippen molar-refractivity contribution >= 4 is 26.6 Å². The molecule has 2 aromatic rings. The summed E-state index contributed by atoms with van der Waals surface area (Å²) in [4.78, 5) is 0. The molecule has 0 saturated heterocycles. The highest BCUT2D eigenvalue weighted by molar-refractivity contribution is 6.33. The number of fused-ring (bicyclic) bond motifs is 3. The van der Waals surface area contributed by atoms with Crippen LogP contribution in [0.3, 0.4) is 0 Å². The summed E-state index contributed by atoms with van der Waals surface area (Å²) in [7, 11) is 12.3. The lowest BCUT2D eigenvalue weighted by Gasteiger charge is -2.33. The zero-order chi connectivity index (χ0) is 17.9. The number of rotatable bonds is 8. The zero-order valence-electron chi connectivity index (χ0n) is 14.9. The highest BCUT2D eigenvalue weighted by Gasteiger charge is 2.41. The molecule has 0 aromatic heterocycles. The maximum absolute atomic E-state index is 6.17. The van der Waals surface area contributed by atoms with E-state index >= 15 is 0 Å². The van der Waals surface area contributed by atoms with Crippen LogP contribution in [-0.2, 0) is 5.41 Å². The molecule has 3 rings (SSSR count). The second-order valence-electron chi connectivity index (χ2n) is 7.05. The Morgan fingerprint density at radius 1 is 0.760 bits per heavy atom. The van der Waals surface area contributed by atoms with Crippen molar-refractivity contribution in [2.75, 3.05) is 0 Å². The standard InChI is InChI=1S/C23H24B2/c1-3-5-7-13-23(14-8-6-4-2)21-15-17(24)9-11-19(21)20-12-10-18(25)16-22(20)23/h3-4,9-12,15-16H,1-2,5-8,13-14H2. The van der Waals surface area contributed by atoms with Crippen LogP contribution in [0.2, 0.25) is 0 Å². The first-order chi connectivity index (χ1) is 12.1. The molecule has 1 aliphatic rings. The fraction of sp³-hybridized carbons (Fsp3) is 0.304. The first-order valence-corrected chi connectivity index (χ1v) is 9.14. The summed E-state index contributed by atoms with van der Waals surface area (Å²) in [5.41, 5.74) is 6.99. The Balaban J connectivity index is 2.16. The molecule has 0 nitrogen and oxygen atoms in total. The third-order valence-corrected chi connectivity index (χ3v) is 5.43. The van der Waals surface area contributed by atoms with E-state index < -0.39 is 0 Å². The van der Waals surface area contributed by atoms with Crippen molar-refractivity contribution in [3.63, 3.8) is 0 Å². The van der Waals surface area contributed by atoms with Crippen LogP contribution in [0, 0.1) is 0 Å². The van der Waals surface area contributed by atoms with Gasteiger partial charge in [0.15, 0.2) is 0 Å². The second-order valence-corrected chi connectivity index (χ2v) is 7.05. The van der Waals surface area contributed by atoms with E-state index in [2.05, 4.69) is 37.4 Å². The van der Waals surface area contributed by atoms with Crippen molar-refractivity contribution in [3.8, 4) is 11.1 Å². The van der Waals surface area contributed by atoms with Gasteiger partial charge in [-0.25, -0.2) is 0 Å². The Bertz CT molecular complexity index is 721. The molecular weight excluding hydrogens is 298 g/mol. The van der Waals surface area contributed by atoms with Crippen LogP contribution in [0.5, 0.6) is 0 Å². The Labute approximate surface area is 154 Å². The smallest absolute Gasteiger partial charge is 0.103 e. The van der Waals surface area contributed by atoms with E-state index in [9.17, 15) is 0 Å². The lowest BCUT2D eigenvalue weighted by Crippen LogP contribution is -2.27. The predicted molar refractivity (Wildman–Crippen MR) is 112 cm³/mol. The molecule has 0 N–H and O–H groups in total. The molecule has 2 aromatic carbocycles. The van der Waals surface area contributed by atoms with Gasteiger partial charge in [0, 0.05) is 5.41 Å². The van der Waals surface area contributed by atoms with Crippen molar-refractivity contribution < 1.29 is 0 Å². The normalized spacial score (nSPS) is 13.9. The maximum atomic E-state index is 6.17. The Hall–Kier alpha value is -1.95. The van der Waals surface area contributed by atoms with Crippen LogP contribution in [0.4, 0.5) is 0 Å². The molecule has 0 spiro atoms. The topological polar surface area (TPSA) is 0 Å². The van der Waals surface area contributed by atoms with E-state index in [-0.39, 0.29) is 5.41 Å². The van der Waals surface area contributed by atoms with Gasteiger partial charge in [-0.2, -0.15) is 0 Å². The summed E-state index contributed by atoms with van der Waals surface area (Å²) in [5, 5.41) is 0. The summed E-state index contributed by atoms with van der Waals surface area (Å²) in [6, 6.07) is 12.7. The molecule has 25 heavy (non-hydrogen) atoms. The first kappa shape index (κ1) is 17.9. The summed E-state index contributed by atoms with van der Waals surface area (Å²) in [6.45, 7) is 7.77. The number of unbranched alkanes of at least 4 members (excludes halogenated alkanes) is 2. The van der Waals surface area contributed by atoms with Gasteiger partial charge in [-0.05, 0) is 60.8 Å². The quantitative estimate of drug-likeness (QED) is 0.387. The lowest BCUT2D eigenvalue weighted by atomic mass is 9.69. The summed E-state index contributed by atoms with van der Waals surface area (Å²) in [5.74, 6) is 0. The van der Waals surface area contributed by atoms with Gasteiger partial charge in [0.05, 0.1) is 0 Å². The van der Waals surface area contributed by atoms with Gasteiger partial charge in [-0.15, -0.1) is 13.2 Å². The lowest BCUT2D eigenvalue weighted by molar-refractivity contribution is 0.422. The minimum absolute atomic E-state index is 0.0125. The first-order valence-electron chi connectivity index (χ1n) is 9.14. The van der Waals surface area contributed by atoms with Gasteiger partial charge in [-0.1, -0.05) is 59.5 Å². The Morgan fingerprint density at radius 2 is 1.20 bits per heavy atom. The van der Waals surface area contributed by atoms with Crippen LogP contribution >= 0.6 is 0 Å². The predicted octanol–water partition coefficient (Wildman–Crippen LogP) is 4.25. The van der Waals surface area contributed by atoms with Crippen molar-refractivity contribution in [1.29, 1.82) is 0 Å². The van der Waals surface area contributed by atoms with Crippen LogP contribution in [0.1, 0.15) is 49.7 Å². The van der Waals surface area contributed by atoms with Crippen LogP contribution in [0.15, 0.2) is 61.7 Å². The van der Waals surface area contributed by atoms with Crippen LogP contribution < -0.4 is 10.9 Å². The highest BCUT2D eigenvalue weighted by Crippen LogP contribution is 2.53. The molecule has 0 heterocycles. The summed E-state index contributed by atoms with van der Waals surface area (Å²) in [6.07, 6.45) is 10.5. The molecule has 0 atom stereocenters. The molecule has 0 saturated carbocycles. The van der Waals surface area contributed by atoms with Gasteiger partial charge in [0.1, 0.15) is 15.7 Å². The van der Waals surface area contributed by atoms with E-state index in [0.717, 1.165) is 49.5 Å². The largest absolute Gasteiger partial charge is 0.113 e. The zero-order valence-corrected chi connectivity index (χ0v) is 14.9. The minimum Gasteiger partial charge on any atom is -0.103 e. The Kier molecular flexibility index (Phi) is 5.37. The second kappa shape index (κ2) is 7.52. The third kappa shape index (κ3) is 3.27. The van der Waals surface area contributed by atoms with Gasteiger partial charge >= 0.3 is 0 Å². The van der Waals surface area contributed by atoms with Crippen molar-refractivity contribution in [2.45, 2.75) is 43.9 Å². The summed E-state index contributed by atoms with van der Waals surface area (Å²) >= 11 is 0. The molecule has 0 amide bonds.